The fourth-order valence-electron chi connectivity index (χ4n) is 2.99. The molecule has 146 valence electrons. The van der Waals surface area contributed by atoms with E-state index in [0.717, 1.165) is 33.3 Å². The predicted molar refractivity (Wildman–Crippen MR) is 115 cm³/mol. The molecule has 1 N–H and O–H groups in total. The number of nitrogens with zero attached hydrogens (tertiary/aromatic N) is 3. The molecular formula is C22H20N4O2S. The van der Waals surface area contributed by atoms with Gasteiger partial charge in [-0.1, -0.05) is 53.8 Å². The summed E-state index contributed by atoms with van der Waals surface area (Å²) in [5, 5.41) is 3.49. The highest BCUT2D eigenvalue weighted by atomic mass is 32.1. The number of imidazole rings is 1. The fourth-order valence-corrected chi connectivity index (χ4v) is 4.04. The maximum atomic E-state index is 12.6. The highest BCUT2D eigenvalue weighted by Crippen LogP contribution is 2.38. The Morgan fingerprint density at radius 1 is 1.14 bits per heavy atom. The average Bonchev–Trinajstić information content (AvgIpc) is 3.35. The maximum absolute atomic E-state index is 12.6. The van der Waals surface area contributed by atoms with Crippen molar-refractivity contribution in [3.8, 4) is 27.7 Å². The summed E-state index contributed by atoms with van der Waals surface area (Å²) < 4.78 is 7.10. The van der Waals surface area contributed by atoms with Gasteiger partial charge in [0, 0.05) is 25.0 Å². The zero-order chi connectivity index (χ0) is 20.2. The van der Waals surface area contributed by atoms with Crippen molar-refractivity contribution in [3.63, 3.8) is 0 Å². The molecule has 0 aliphatic heterocycles. The molecule has 4 rings (SSSR count). The molecule has 2 heterocycles. The standard InChI is InChI=1S/C22H20N4O2S/c1-26-13-12-23-21(26)20-19(16-6-4-3-5-7-16)25-22(29-20)24-18(27)14-15-8-10-17(28-2)11-9-15/h3-13H,14H2,1-2H3,(H,24,25,27). The molecule has 6 nitrogen and oxygen atoms in total. The van der Waals surface area contributed by atoms with Crippen LogP contribution in [-0.4, -0.2) is 27.6 Å². The van der Waals surface area contributed by atoms with E-state index in [-0.39, 0.29) is 12.3 Å². The number of benzene rings is 2. The van der Waals surface area contributed by atoms with Crippen molar-refractivity contribution in [2.45, 2.75) is 6.42 Å². The van der Waals surface area contributed by atoms with Crippen molar-refractivity contribution in [2.75, 3.05) is 12.4 Å². The van der Waals surface area contributed by atoms with Crippen molar-refractivity contribution >= 4 is 22.4 Å². The third kappa shape index (κ3) is 4.20. The van der Waals surface area contributed by atoms with E-state index in [2.05, 4.69) is 10.3 Å². The van der Waals surface area contributed by atoms with Gasteiger partial charge in [-0.15, -0.1) is 0 Å². The third-order valence-electron chi connectivity index (χ3n) is 4.47. The summed E-state index contributed by atoms with van der Waals surface area (Å²) in [6, 6.07) is 17.4. The molecule has 0 bridgehead atoms. The number of anilines is 1. The van der Waals surface area contributed by atoms with Crippen LogP contribution in [0.4, 0.5) is 5.13 Å². The number of rotatable bonds is 6. The summed E-state index contributed by atoms with van der Waals surface area (Å²) >= 11 is 1.42. The molecule has 0 atom stereocenters. The molecular weight excluding hydrogens is 384 g/mol. The highest BCUT2D eigenvalue weighted by molar-refractivity contribution is 7.19. The number of ether oxygens (including phenoxy) is 1. The largest absolute Gasteiger partial charge is 0.497 e. The lowest BCUT2D eigenvalue weighted by atomic mass is 10.1. The predicted octanol–water partition coefficient (Wildman–Crippen LogP) is 4.40. The normalized spacial score (nSPS) is 10.7. The van der Waals surface area contributed by atoms with Gasteiger partial charge in [-0.3, -0.25) is 4.79 Å². The number of aryl methyl sites for hydroxylation is 1. The van der Waals surface area contributed by atoms with E-state index >= 15 is 0 Å². The first kappa shape index (κ1) is 18.9. The molecule has 0 radical (unpaired) electrons. The van der Waals surface area contributed by atoms with E-state index in [4.69, 9.17) is 9.72 Å². The minimum absolute atomic E-state index is 0.116. The average molecular weight is 404 g/mol. The summed E-state index contributed by atoms with van der Waals surface area (Å²) in [5.41, 5.74) is 2.70. The molecule has 2 aromatic carbocycles. The number of carbonyl (C=O) groups is 1. The number of nitrogens with one attached hydrogen (secondary N) is 1. The number of aromatic nitrogens is 3. The molecule has 0 saturated carbocycles. The molecule has 0 aliphatic carbocycles. The van der Waals surface area contributed by atoms with Crippen LogP contribution in [0.1, 0.15) is 5.56 Å². The fraction of sp³-hybridized carbons (Fsp3) is 0.136. The van der Waals surface area contributed by atoms with Crippen molar-refractivity contribution < 1.29 is 9.53 Å². The van der Waals surface area contributed by atoms with Gasteiger partial charge >= 0.3 is 0 Å². The Bertz CT molecular complexity index is 1120. The third-order valence-corrected chi connectivity index (χ3v) is 5.44. The number of thiazole rings is 1. The first-order valence-electron chi connectivity index (χ1n) is 9.11. The molecule has 29 heavy (non-hydrogen) atoms. The Balaban J connectivity index is 1.60. The van der Waals surface area contributed by atoms with Gasteiger partial charge in [0.15, 0.2) is 11.0 Å². The number of hydrogen-bond donors (Lipinski definition) is 1. The van der Waals surface area contributed by atoms with Crippen LogP contribution in [0.15, 0.2) is 67.0 Å². The number of methoxy groups -OCH3 is 1. The Morgan fingerprint density at radius 3 is 2.55 bits per heavy atom. The lowest BCUT2D eigenvalue weighted by molar-refractivity contribution is -0.115. The van der Waals surface area contributed by atoms with E-state index in [1.807, 2.05) is 72.4 Å². The summed E-state index contributed by atoms with van der Waals surface area (Å²) in [6.07, 6.45) is 3.92. The Hall–Kier alpha value is -3.45. The first-order valence-corrected chi connectivity index (χ1v) is 9.92. The van der Waals surface area contributed by atoms with E-state index in [1.54, 1.807) is 13.3 Å². The lowest BCUT2D eigenvalue weighted by Gasteiger charge is -2.03. The van der Waals surface area contributed by atoms with E-state index in [9.17, 15) is 4.79 Å². The van der Waals surface area contributed by atoms with Crippen molar-refractivity contribution in [2.24, 2.45) is 7.05 Å². The topological polar surface area (TPSA) is 69.0 Å². The first-order chi connectivity index (χ1) is 14.1. The van der Waals surface area contributed by atoms with Gasteiger partial charge in [0.1, 0.15) is 5.75 Å². The van der Waals surface area contributed by atoms with Crippen molar-refractivity contribution in [1.82, 2.24) is 14.5 Å². The zero-order valence-corrected chi connectivity index (χ0v) is 16.9. The highest BCUT2D eigenvalue weighted by Gasteiger charge is 2.19. The van der Waals surface area contributed by atoms with Crippen LogP contribution in [0, 0.1) is 0 Å². The second kappa shape index (κ2) is 8.28. The Kier molecular flexibility index (Phi) is 5.39. The molecule has 7 heteroatoms. The lowest BCUT2D eigenvalue weighted by Crippen LogP contribution is -2.14. The van der Waals surface area contributed by atoms with Crippen molar-refractivity contribution in [3.05, 3.63) is 72.6 Å². The Morgan fingerprint density at radius 2 is 1.90 bits per heavy atom. The zero-order valence-electron chi connectivity index (χ0n) is 16.1. The molecule has 2 aromatic heterocycles. The van der Waals surface area contributed by atoms with Gasteiger partial charge in [0.25, 0.3) is 0 Å². The smallest absolute Gasteiger partial charge is 0.230 e. The van der Waals surface area contributed by atoms with Gasteiger partial charge in [-0.05, 0) is 17.7 Å². The van der Waals surface area contributed by atoms with E-state index < -0.39 is 0 Å². The number of amides is 1. The van der Waals surface area contributed by atoms with Crippen LogP contribution in [0.5, 0.6) is 5.75 Å². The second-order valence-electron chi connectivity index (χ2n) is 6.50. The van der Waals surface area contributed by atoms with Crippen LogP contribution in [0.2, 0.25) is 0 Å². The SMILES string of the molecule is COc1ccc(CC(=O)Nc2nc(-c3ccccc3)c(-c3nccn3C)s2)cc1. The summed E-state index contributed by atoms with van der Waals surface area (Å²) in [7, 11) is 3.56. The van der Waals surface area contributed by atoms with Gasteiger partial charge in [-0.2, -0.15) is 0 Å². The second-order valence-corrected chi connectivity index (χ2v) is 7.50. The molecule has 0 unspecified atom stereocenters. The van der Waals surface area contributed by atoms with Gasteiger partial charge < -0.3 is 14.6 Å². The van der Waals surface area contributed by atoms with Crippen LogP contribution < -0.4 is 10.1 Å². The minimum Gasteiger partial charge on any atom is -0.497 e. The quantitative estimate of drug-likeness (QED) is 0.517. The van der Waals surface area contributed by atoms with E-state index in [0.29, 0.717) is 5.13 Å². The van der Waals surface area contributed by atoms with Crippen LogP contribution in [0.25, 0.3) is 22.0 Å². The van der Waals surface area contributed by atoms with Gasteiger partial charge in [0.2, 0.25) is 5.91 Å². The molecule has 0 spiro atoms. The molecule has 0 aliphatic rings. The molecule has 0 fully saturated rings. The summed E-state index contributed by atoms with van der Waals surface area (Å²) in [5.74, 6) is 1.47. The van der Waals surface area contributed by atoms with E-state index in [1.165, 1.54) is 11.3 Å². The van der Waals surface area contributed by atoms with Gasteiger partial charge in [-0.25, -0.2) is 9.97 Å². The molecule has 1 amide bonds. The number of hydrogen-bond acceptors (Lipinski definition) is 5. The van der Waals surface area contributed by atoms with Gasteiger partial charge in [0.05, 0.1) is 24.1 Å². The van der Waals surface area contributed by atoms with Crippen LogP contribution in [-0.2, 0) is 18.3 Å². The van der Waals surface area contributed by atoms with Crippen LogP contribution >= 0.6 is 11.3 Å². The monoisotopic (exact) mass is 404 g/mol. The minimum atomic E-state index is -0.116. The van der Waals surface area contributed by atoms with Crippen LogP contribution in [0.3, 0.4) is 0 Å². The Labute approximate surface area is 172 Å². The summed E-state index contributed by atoms with van der Waals surface area (Å²) in [6.45, 7) is 0. The number of carbonyl (C=O) groups excluding carboxylic acids is 1. The molecule has 0 saturated heterocycles. The summed E-state index contributed by atoms with van der Waals surface area (Å²) in [4.78, 5) is 22.6. The van der Waals surface area contributed by atoms with Crippen molar-refractivity contribution in [1.29, 1.82) is 0 Å². The molecule has 4 aromatic rings. The maximum Gasteiger partial charge on any atom is 0.230 e.